The number of amides is 1. The number of nitrogens with zero attached hydrogens (tertiary/aromatic N) is 2. The Morgan fingerprint density at radius 3 is 3.18 bits per heavy atom. The molecule has 4 nitrogen and oxygen atoms in total. The van der Waals surface area contributed by atoms with Crippen LogP contribution in [0.2, 0.25) is 0 Å². The molecule has 2 heterocycles. The second-order valence-electron chi connectivity index (χ2n) is 4.69. The summed E-state index contributed by atoms with van der Waals surface area (Å²) in [6, 6.07) is 4.01. The zero-order valence-corrected chi connectivity index (χ0v) is 10.2. The summed E-state index contributed by atoms with van der Waals surface area (Å²) in [5, 5.41) is 0. The molecule has 1 fully saturated rings. The van der Waals surface area contributed by atoms with Crippen LogP contribution in [0.25, 0.3) is 0 Å². The van der Waals surface area contributed by atoms with Crippen molar-refractivity contribution in [2.45, 2.75) is 32.2 Å². The minimum absolute atomic E-state index is 0.137. The maximum Gasteiger partial charge on any atom is 0.228 e. The maximum atomic E-state index is 12.1. The van der Waals surface area contributed by atoms with Crippen LogP contribution < -0.4 is 5.73 Å². The number of aromatic nitrogens is 1. The Morgan fingerprint density at radius 1 is 1.65 bits per heavy atom. The summed E-state index contributed by atoms with van der Waals surface area (Å²) in [6.07, 6.45) is 4.15. The second kappa shape index (κ2) is 5.27. The van der Waals surface area contributed by atoms with Crippen LogP contribution in [0.4, 0.5) is 0 Å². The van der Waals surface area contributed by atoms with Gasteiger partial charge < -0.3 is 10.6 Å². The molecule has 0 spiro atoms. The third-order valence-corrected chi connectivity index (χ3v) is 3.25. The first-order valence-corrected chi connectivity index (χ1v) is 6.10. The van der Waals surface area contributed by atoms with Crippen molar-refractivity contribution in [2.24, 2.45) is 5.73 Å². The third-order valence-electron chi connectivity index (χ3n) is 3.25. The zero-order valence-electron chi connectivity index (χ0n) is 10.2. The Bertz CT molecular complexity index is 405. The summed E-state index contributed by atoms with van der Waals surface area (Å²) in [7, 11) is 0. The molecule has 0 saturated carbocycles. The summed E-state index contributed by atoms with van der Waals surface area (Å²) in [6.45, 7) is 3.50. The summed E-state index contributed by atoms with van der Waals surface area (Å²) in [5.41, 5.74) is 7.82. The average Bonchev–Trinajstić information content (AvgIpc) is 2.32. The van der Waals surface area contributed by atoms with Crippen LogP contribution >= 0.6 is 0 Å². The second-order valence-corrected chi connectivity index (χ2v) is 4.69. The van der Waals surface area contributed by atoms with Crippen molar-refractivity contribution in [1.82, 2.24) is 9.88 Å². The first-order chi connectivity index (χ1) is 8.16. The van der Waals surface area contributed by atoms with E-state index in [2.05, 4.69) is 4.98 Å². The first-order valence-electron chi connectivity index (χ1n) is 6.10. The lowest BCUT2D eigenvalue weighted by Gasteiger charge is -2.30. The predicted molar refractivity (Wildman–Crippen MR) is 66.5 cm³/mol. The molecule has 4 heteroatoms. The molecule has 1 aliphatic rings. The largest absolute Gasteiger partial charge is 0.341 e. The molecule has 92 valence electrons. The number of aryl methyl sites for hydroxylation is 1. The number of rotatable bonds is 2. The molecular weight excluding hydrogens is 214 g/mol. The maximum absolute atomic E-state index is 12.1. The van der Waals surface area contributed by atoms with Crippen LogP contribution in [0.15, 0.2) is 18.3 Å². The molecule has 17 heavy (non-hydrogen) atoms. The minimum atomic E-state index is 0.137. The van der Waals surface area contributed by atoms with Crippen molar-refractivity contribution in [2.75, 3.05) is 13.1 Å². The molecule has 1 saturated heterocycles. The molecule has 1 aromatic rings. The van der Waals surface area contributed by atoms with Crippen molar-refractivity contribution in [3.05, 3.63) is 29.6 Å². The van der Waals surface area contributed by atoms with Crippen molar-refractivity contribution >= 4 is 5.91 Å². The van der Waals surface area contributed by atoms with E-state index in [0.717, 1.165) is 30.6 Å². The average molecular weight is 233 g/mol. The van der Waals surface area contributed by atoms with Crippen LogP contribution in [0.1, 0.15) is 24.1 Å². The van der Waals surface area contributed by atoms with E-state index in [1.54, 1.807) is 6.20 Å². The number of nitrogens with two attached hydrogens (primary N) is 1. The number of pyridine rings is 1. The van der Waals surface area contributed by atoms with E-state index in [9.17, 15) is 4.79 Å². The standard InChI is InChI=1S/C13H19N3O/c1-10-4-2-6-15-12(10)8-13(17)16-7-3-5-11(14)9-16/h2,4,6,11H,3,5,7-9,14H2,1H3/t11-/m1/s1. The quantitative estimate of drug-likeness (QED) is 0.825. The van der Waals surface area contributed by atoms with E-state index in [1.165, 1.54) is 0 Å². The normalized spacial score (nSPS) is 20.4. The molecule has 1 aromatic heterocycles. The van der Waals surface area contributed by atoms with Crippen LogP contribution in [0.3, 0.4) is 0 Å². The van der Waals surface area contributed by atoms with Crippen molar-refractivity contribution < 1.29 is 4.79 Å². The monoisotopic (exact) mass is 233 g/mol. The number of carbonyl (C=O) groups excluding carboxylic acids is 1. The van der Waals surface area contributed by atoms with Gasteiger partial charge >= 0.3 is 0 Å². The number of piperidine rings is 1. The molecule has 0 aromatic carbocycles. The molecule has 2 N–H and O–H groups in total. The lowest BCUT2D eigenvalue weighted by Crippen LogP contribution is -2.46. The van der Waals surface area contributed by atoms with Gasteiger partial charge in [-0.1, -0.05) is 6.07 Å². The van der Waals surface area contributed by atoms with Crippen LogP contribution in [-0.2, 0) is 11.2 Å². The van der Waals surface area contributed by atoms with Gasteiger partial charge in [0.15, 0.2) is 0 Å². The van der Waals surface area contributed by atoms with Crippen LogP contribution in [0.5, 0.6) is 0 Å². The Hall–Kier alpha value is -1.42. The van der Waals surface area contributed by atoms with E-state index in [0.29, 0.717) is 13.0 Å². The number of carbonyl (C=O) groups is 1. The molecule has 1 atom stereocenters. The summed E-state index contributed by atoms with van der Waals surface area (Å²) in [5.74, 6) is 0.141. The molecule has 0 unspecified atom stereocenters. The third kappa shape index (κ3) is 3.03. The Kier molecular flexibility index (Phi) is 3.74. The van der Waals surface area contributed by atoms with Crippen molar-refractivity contribution in [1.29, 1.82) is 0 Å². The fraction of sp³-hybridized carbons (Fsp3) is 0.538. The Balaban J connectivity index is 1.99. The smallest absolute Gasteiger partial charge is 0.228 e. The fourth-order valence-corrected chi connectivity index (χ4v) is 2.20. The summed E-state index contributed by atoms with van der Waals surface area (Å²) < 4.78 is 0. The number of likely N-dealkylation sites (tertiary alicyclic amines) is 1. The van der Waals surface area contributed by atoms with Gasteiger partial charge in [-0.25, -0.2) is 0 Å². The van der Waals surface area contributed by atoms with E-state index < -0.39 is 0 Å². The summed E-state index contributed by atoms with van der Waals surface area (Å²) >= 11 is 0. The van der Waals surface area contributed by atoms with Gasteiger partial charge in [0.25, 0.3) is 0 Å². The van der Waals surface area contributed by atoms with Gasteiger partial charge in [-0.2, -0.15) is 0 Å². The van der Waals surface area contributed by atoms with E-state index in [1.807, 2.05) is 24.0 Å². The molecular formula is C13H19N3O. The van der Waals surface area contributed by atoms with Crippen molar-refractivity contribution in [3.8, 4) is 0 Å². The number of hydrogen-bond acceptors (Lipinski definition) is 3. The fourth-order valence-electron chi connectivity index (χ4n) is 2.20. The van der Waals surface area contributed by atoms with Gasteiger partial charge in [0.05, 0.1) is 12.1 Å². The van der Waals surface area contributed by atoms with Crippen LogP contribution in [-0.4, -0.2) is 34.9 Å². The van der Waals surface area contributed by atoms with Gasteiger partial charge in [-0.05, 0) is 31.4 Å². The summed E-state index contributed by atoms with van der Waals surface area (Å²) in [4.78, 5) is 18.2. The highest BCUT2D eigenvalue weighted by atomic mass is 16.2. The zero-order chi connectivity index (χ0) is 12.3. The lowest BCUT2D eigenvalue weighted by atomic mass is 10.1. The predicted octanol–water partition coefficient (Wildman–Crippen LogP) is 0.882. The molecule has 0 radical (unpaired) electrons. The molecule has 0 aliphatic carbocycles. The van der Waals surface area contributed by atoms with Gasteiger partial charge in [0.1, 0.15) is 0 Å². The van der Waals surface area contributed by atoms with E-state index in [4.69, 9.17) is 5.73 Å². The highest BCUT2D eigenvalue weighted by Gasteiger charge is 2.21. The van der Waals surface area contributed by atoms with Crippen molar-refractivity contribution in [3.63, 3.8) is 0 Å². The lowest BCUT2D eigenvalue weighted by molar-refractivity contribution is -0.131. The highest BCUT2D eigenvalue weighted by molar-refractivity contribution is 5.78. The van der Waals surface area contributed by atoms with Gasteiger partial charge in [-0.15, -0.1) is 0 Å². The molecule has 0 bridgehead atoms. The van der Waals surface area contributed by atoms with Gasteiger partial charge in [0.2, 0.25) is 5.91 Å². The Labute approximate surface area is 102 Å². The highest BCUT2D eigenvalue weighted by Crippen LogP contribution is 2.11. The SMILES string of the molecule is Cc1cccnc1CC(=O)N1CCC[C@@H](N)C1. The number of hydrogen-bond donors (Lipinski definition) is 1. The van der Waals surface area contributed by atoms with E-state index in [-0.39, 0.29) is 11.9 Å². The Morgan fingerprint density at radius 2 is 2.47 bits per heavy atom. The van der Waals surface area contributed by atoms with Gasteiger partial charge in [0, 0.05) is 25.3 Å². The molecule has 2 rings (SSSR count). The molecule has 1 aliphatic heterocycles. The van der Waals surface area contributed by atoms with Crippen LogP contribution in [0, 0.1) is 6.92 Å². The van der Waals surface area contributed by atoms with E-state index >= 15 is 0 Å². The van der Waals surface area contributed by atoms with Gasteiger partial charge in [-0.3, -0.25) is 9.78 Å². The minimum Gasteiger partial charge on any atom is -0.341 e. The topological polar surface area (TPSA) is 59.2 Å². The first kappa shape index (κ1) is 12.0. The molecule has 1 amide bonds.